The number of hydrogen-bond acceptors (Lipinski definition) is 7. The van der Waals surface area contributed by atoms with E-state index in [1.54, 1.807) is 11.3 Å². The van der Waals surface area contributed by atoms with Gasteiger partial charge in [0.2, 0.25) is 5.89 Å². The maximum absolute atomic E-state index is 6.06. The van der Waals surface area contributed by atoms with Crippen molar-refractivity contribution in [2.24, 2.45) is 0 Å². The summed E-state index contributed by atoms with van der Waals surface area (Å²) < 4.78 is 7.31. The van der Waals surface area contributed by atoms with Crippen LogP contribution in [0.1, 0.15) is 18.1 Å². The van der Waals surface area contributed by atoms with Crippen LogP contribution < -0.4 is 5.84 Å². The second-order valence-electron chi connectivity index (χ2n) is 5.36. The molecular formula is C17H15N5OS2. The van der Waals surface area contributed by atoms with Gasteiger partial charge in [-0.3, -0.25) is 0 Å². The lowest BCUT2D eigenvalue weighted by Crippen LogP contribution is -2.08. The van der Waals surface area contributed by atoms with Gasteiger partial charge in [-0.25, -0.2) is 9.66 Å². The van der Waals surface area contributed by atoms with Gasteiger partial charge in [-0.1, -0.05) is 48.2 Å². The first-order valence-corrected chi connectivity index (χ1v) is 9.40. The molecule has 0 bridgehead atoms. The van der Waals surface area contributed by atoms with E-state index in [1.807, 2.05) is 61.0 Å². The second-order valence-corrected chi connectivity index (χ2v) is 7.62. The van der Waals surface area contributed by atoms with Gasteiger partial charge in [0, 0.05) is 5.56 Å². The summed E-state index contributed by atoms with van der Waals surface area (Å²) >= 11 is 3.05. The van der Waals surface area contributed by atoms with E-state index in [-0.39, 0.29) is 5.25 Å². The number of rotatable bonds is 5. The highest BCUT2D eigenvalue weighted by molar-refractivity contribution is 7.99. The molecule has 0 amide bonds. The van der Waals surface area contributed by atoms with Crippen molar-refractivity contribution in [2.75, 3.05) is 5.84 Å². The number of hydrogen-bond donors (Lipinski definition) is 1. The Morgan fingerprint density at radius 2 is 2.00 bits per heavy atom. The average Bonchev–Trinajstić information content (AvgIpc) is 3.36. The van der Waals surface area contributed by atoms with Gasteiger partial charge in [0.1, 0.15) is 0 Å². The van der Waals surface area contributed by atoms with Gasteiger partial charge < -0.3 is 10.3 Å². The van der Waals surface area contributed by atoms with Crippen molar-refractivity contribution in [3.05, 3.63) is 59.9 Å². The molecule has 0 fully saturated rings. The van der Waals surface area contributed by atoms with E-state index in [2.05, 4.69) is 15.2 Å². The van der Waals surface area contributed by atoms with Gasteiger partial charge >= 0.3 is 0 Å². The molecule has 4 rings (SSSR count). The van der Waals surface area contributed by atoms with Crippen molar-refractivity contribution in [1.82, 2.24) is 19.9 Å². The molecular weight excluding hydrogens is 354 g/mol. The summed E-state index contributed by atoms with van der Waals surface area (Å²) in [5, 5.41) is 10.9. The Balaban J connectivity index is 1.53. The molecule has 3 aromatic heterocycles. The van der Waals surface area contributed by atoms with Crippen LogP contribution in [-0.2, 0) is 0 Å². The summed E-state index contributed by atoms with van der Waals surface area (Å²) in [7, 11) is 0. The van der Waals surface area contributed by atoms with Crippen LogP contribution >= 0.6 is 23.1 Å². The summed E-state index contributed by atoms with van der Waals surface area (Å²) in [5.74, 6) is 7.15. The number of thiophene rings is 1. The Hall–Kier alpha value is -2.58. The van der Waals surface area contributed by atoms with E-state index >= 15 is 0 Å². The molecule has 126 valence electrons. The third kappa shape index (κ3) is 3.31. The van der Waals surface area contributed by atoms with E-state index in [1.165, 1.54) is 16.4 Å². The third-order valence-electron chi connectivity index (χ3n) is 3.57. The first-order valence-electron chi connectivity index (χ1n) is 7.64. The summed E-state index contributed by atoms with van der Waals surface area (Å²) in [6.07, 6.45) is 1.81. The minimum Gasteiger partial charge on any atom is -0.419 e. The zero-order chi connectivity index (χ0) is 17.2. The Kier molecular flexibility index (Phi) is 4.29. The molecule has 6 nitrogen and oxygen atoms in total. The Morgan fingerprint density at radius 3 is 2.76 bits per heavy atom. The van der Waals surface area contributed by atoms with Gasteiger partial charge in [-0.15, -0.1) is 21.5 Å². The highest BCUT2D eigenvalue weighted by atomic mass is 32.2. The van der Waals surface area contributed by atoms with Crippen molar-refractivity contribution in [3.8, 4) is 22.0 Å². The first kappa shape index (κ1) is 15.9. The SMILES string of the molecule is C[C@@H](Sc1nc(-c2ccccc2)cn1N)c1nnc(-c2cccs2)o1. The number of imidazole rings is 1. The topological polar surface area (TPSA) is 82.8 Å². The quantitative estimate of drug-likeness (QED) is 0.419. The molecule has 1 atom stereocenters. The van der Waals surface area contributed by atoms with E-state index in [0.29, 0.717) is 16.9 Å². The van der Waals surface area contributed by atoms with Crippen LogP contribution in [0, 0.1) is 0 Å². The largest absolute Gasteiger partial charge is 0.419 e. The lowest BCUT2D eigenvalue weighted by molar-refractivity contribution is 0.510. The van der Waals surface area contributed by atoms with E-state index in [9.17, 15) is 0 Å². The Labute approximate surface area is 152 Å². The normalized spacial score (nSPS) is 12.4. The smallest absolute Gasteiger partial charge is 0.257 e. The van der Waals surface area contributed by atoms with Crippen LogP contribution in [0.2, 0.25) is 0 Å². The van der Waals surface area contributed by atoms with Crippen LogP contribution in [0.4, 0.5) is 0 Å². The molecule has 25 heavy (non-hydrogen) atoms. The molecule has 0 aliphatic carbocycles. The molecule has 0 spiro atoms. The van der Waals surface area contributed by atoms with Gasteiger partial charge in [0.25, 0.3) is 5.89 Å². The van der Waals surface area contributed by atoms with Crippen molar-refractivity contribution in [1.29, 1.82) is 0 Å². The molecule has 0 aliphatic rings. The van der Waals surface area contributed by atoms with Crippen LogP contribution in [-0.4, -0.2) is 19.9 Å². The first-order chi connectivity index (χ1) is 12.2. The predicted molar refractivity (Wildman–Crippen MR) is 99.7 cm³/mol. The summed E-state index contributed by atoms with van der Waals surface area (Å²) in [4.78, 5) is 5.58. The van der Waals surface area contributed by atoms with Crippen LogP contribution in [0.3, 0.4) is 0 Å². The fourth-order valence-electron chi connectivity index (χ4n) is 2.32. The molecule has 0 unspecified atom stereocenters. The molecule has 0 aliphatic heterocycles. The highest BCUT2D eigenvalue weighted by Gasteiger charge is 2.19. The summed E-state index contributed by atoms with van der Waals surface area (Å²) in [5.41, 5.74) is 1.86. The molecule has 1 aromatic carbocycles. The predicted octanol–water partition coefficient (Wildman–Crippen LogP) is 4.23. The molecule has 0 saturated heterocycles. The highest BCUT2D eigenvalue weighted by Crippen LogP contribution is 2.35. The standard InChI is InChI=1S/C17H15N5OS2/c1-11(15-20-21-16(23-15)14-8-5-9-24-14)25-17-19-13(10-22(17)18)12-6-3-2-4-7-12/h2-11H,18H2,1H3/t11-/m1/s1. The van der Waals surface area contributed by atoms with E-state index in [4.69, 9.17) is 10.3 Å². The zero-order valence-electron chi connectivity index (χ0n) is 13.4. The van der Waals surface area contributed by atoms with Gasteiger partial charge in [-0.2, -0.15) is 0 Å². The minimum absolute atomic E-state index is 0.0606. The minimum atomic E-state index is -0.0606. The molecule has 2 N–H and O–H groups in total. The summed E-state index contributed by atoms with van der Waals surface area (Å²) in [6, 6.07) is 13.9. The monoisotopic (exact) mass is 369 g/mol. The zero-order valence-corrected chi connectivity index (χ0v) is 15.0. The van der Waals surface area contributed by atoms with Crippen molar-refractivity contribution < 1.29 is 4.42 Å². The number of nitrogens with two attached hydrogens (primary N) is 1. The molecule has 0 saturated carbocycles. The van der Waals surface area contributed by atoms with Crippen LogP contribution in [0.25, 0.3) is 22.0 Å². The van der Waals surface area contributed by atoms with Gasteiger partial charge in [0.05, 0.1) is 22.0 Å². The number of aromatic nitrogens is 4. The number of benzene rings is 1. The molecule has 0 radical (unpaired) electrons. The average molecular weight is 369 g/mol. The third-order valence-corrected chi connectivity index (χ3v) is 5.50. The fourth-order valence-corrected chi connectivity index (χ4v) is 3.80. The van der Waals surface area contributed by atoms with E-state index in [0.717, 1.165) is 16.1 Å². The number of nitrogens with zero attached hydrogens (tertiary/aromatic N) is 4. The summed E-state index contributed by atoms with van der Waals surface area (Å²) in [6.45, 7) is 1.99. The van der Waals surface area contributed by atoms with Crippen molar-refractivity contribution in [2.45, 2.75) is 17.3 Å². The lowest BCUT2D eigenvalue weighted by Gasteiger charge is -2.05. The molecule has 3 heterocycles. The second kappa shape index (κ2) is 6.73. The molecule has 4 aromatic rings. The maximum atomic E-state index is 6.06. The van der Waals surface area contributed by atoms with Crippen LogP contribution in [0.15, 0.2) is 63.6 Å². The fraction of sp³-hybridized carbons (Fsp3) is 0.118. The van der Waals surface area contributed by atoms with Crippen molar-refractivity contribution >= 4 is 23.1 Å². The Bertz CT molecular complexity index is 962. The number of nitrogen functional groups attached to an aromatic ring is 1. The lowest BCUT2D eigenvalue weighted by atomic mass is 10.2. The number of thioether (sulfide) groups is 1. The maximum Gasteiger partial charge on any atom is 0.257 e. The van der Waals surface area contributed by atoms with Gasteiger partial charge in [0.15, 0.2) is 5.16 Å². The molecule has 8 heteroatoms. The van der Waals surface area contributed by atoms with E-state index < -0.39 is 0 Å². The van der Waals surface area contributed by atoms with Gasteiger partial charge in [-0.05, 0) is 18.4 Å². The van der Waals surface area contributed by atoms with Crippen LogP contribution in [0.5, 0.6) is 0 Å². The van der Waals surface area contributed by atoms with Crippen molar-refractivity contribution in [3.63, 3.8) is 0 Å². The Morgan fingerprint density at radius 1 is 1.16 bits per heavy atom.